The molecule has 0 spiro atoms. The van der Waals surface area contributed by atoms with Crippen LogP contribution in [0.3, 0.4) is 0 Å². The Kier molecular flexibility index (Phi) is 4.39. The molecule has 1 amide bonds. The summed E-state index contributed by atoms with van der Waals surface area (Å²) >= 11 is 0.959. The maximum Gasteiger partial charge on any atom is 0.328 e. The highest BCUT2D eigenvalue weighted by Crippen LogP contribution is 2.18. The number of benzene rings is 1. The second-order valence-electron chi connectivity index (χ2n) is 4.05. The molecule has 0 saturated carbocycles. The third kappa shape index (κ3) is 3.69. The molecule has 2 rings (SSSR count). The molecule has 0 aliphatic carbocycles. The Hall–Kier alpha value is -2.61. The lowest BCUT2D eigenvalue weighted by molar-refractivity contribution is -0.131. The molecule has 21 heavy (non-hydrogen) atoms. The number of carbonyl (C=O) groups is 2. The maximum absolute atomic E-state index is 13.5. The molecular formula is C13H10FN3O3S. The molecule has 0 radical (unpaired) electrons. The summed E-state index contributed by atoms with van der Waals surface area (Å²) in [6, 6.07) is 3.88. The fourth-order valence-corrected chi connectivity index (χ4v) is 2.09. The van der Waals surface area contributed by atoms with E-state index < -0.39 is 17.7 Å². The van der Waals surface area contributed by atoms with Gasteiger partial charge in [-0.15, -0.1) is 5.10 Å². The van der Waals surface area contributed by atoms with Gasteiger partial charge in [0.1, 0.15) is 10.7 Å². The Labute approximate surface area is 123 Å². The highest BCUT2D eigenvalue weighted by atomic mass is 32.1. The average molecular weight is 307 g/mol. The van der Waals surface area contributed by atoms with Crippen LogP contribution in [0.4, 0.5) is 10.1 Å². The fraction of sp³-hybridized carbons (Fsp3) is 0.0769. The van der Waals surface area contributed by atoms with Gasteiger partial charge in [-0.1, -0.05) is 4.49 Å². The van der Waals surface area contributed by atoms with Crippen molar-refractivity contribution in [2.24, 2.45) is 0 Å². The van der Waals surface area contributed by atoms with Crippen LogP contribution in [0.15, 0.2) is 24.3 Å². The van der Waals surface area contributed by atoms with Crippen molar-refractivity contribution in [2.75, 3.05) is 5.32 Å². The van der Waals surface area contributed by atoms with Gasteiger partial charge < -0.3 is 10.4 Å². The zero-order valence-electron chi connectivity index (χ0n) is 10.8. The number of amides is 1. The number of anilines is 1. The van der Waals surface area contributed by atoms with Crippen molar-refractivity contribution in [1.82, 2.24) is 9.59 Å². The van der Waals surface area contributed by atoms with E-state index in [2.05, 4.69) is 14.9 Å². The molecule has 8 heteroatoms. The molecule has 2 aromatic rings. The molecule has 6 nitrogen and oxygen atoms in total. The lowest BCUT2D eigenvalue weighted by Crippen LogP contribution is -2.11. The number of rotatable bonds is 4. The predicted molar refractivity (Wildman–Crippen MR) is 75.7 cm³/mol. The maximum atomic E-state index is 13.5. The number of carbonyl (C=O) groups excluding carboxylic acids is 1. The van der Waals surface area contributed by atoms with Gasteiger partial charge in [-0.05, 0) is 42.7 Å². The van der Waals surface area contributed by atoms with E-state index in [4.69, 9.17) is 5.11 Å². The van der Waals surface area contributed by atoms with Crippen molar-refractivity contribution in [2.45, 2.75) is 6.92 Å². The summed E-state index contributed by atoms with van der Waals surface area (Å²) in [5.41, 5.74) is 0.916. The molecule has 0 atom stereocenters. The predicted octanol–water partition coefficient (Wildman–Crippen LogP) is 2.34. The molecule has 2 N–H and O–H groups in total. The normalized spacial score (nSPS) is 10.8. The Morgan fingerprint density at radius 1 is 1.43 bits per heavy atom. The average Bonchev–Trinajstić information content (AvgIpc) is 2.85. The van der Waals surface area contributed by atoms with Crippen LogP contribution in [-0.4, -0.2) is 26.6 Å². The van der Waals surface area contributed by atoms with Crippen LogP contribution < -0.4 is 5.32 Å². The molecule has 0 unspecified atom stereocenters. The zero-order chi connectivity index (χ0) is 15.4. The number of hydrogen-bond donors (Lipinski definition) is 2. The van der Waals surface area contributed by atoms with Crippen LogP contribution in [0.2, 0.25) is 0 Å². The summed E-state index contributed by atoms with van der Waals surface area (Å²) in [5, 5.41) is 14.9. The van der Waals surface area contributed by atoms with Gasteiger partial charge in [0, 0.05) is 17.3 Å². The van der Waals surface area contributed by atoms with E-state index in [-0.39, 0.29) is 5.56 Å². The summed E-state index contributed by atoms with van der Waals surface area (Å²) in [5.74, 6) is -2.17. The summed E-state index contributed by atoms with van der Waals surface area (Å²) in [4.78, 5) is 22.8. The lowest BCUT2D eigenvalue weighted by atomic mass is 10.1. The van der Waals surface area contributed by atoms with E-state index in [1.54, 1.807) is 6.92 Å². The molecule has 0 saturated heterocycles. The summed E-state index contributed by atoms with van der Waals surface area (Å²) < 4.78 is 17.2. The number of aromatic nitrogens is 2. The first-order chi connectivity index (χ1) is 9.97. The Morgan fingerprint density at radius 2 is 2.19 bits per heavy atom. The Bertz CT molecular complexity index is 727. The SMILES string of the molecule is Cc1nnsc1C(=O)Nc1ccc(F)c(/C=C/C(=O)O)c1. The van der Waals surface area contributed by atoms with Crippen LogP contribution in [0.25, 0.3) is 6.08 Å². The van der Waals surface area contributed by atoms with Gasteiger partial charge in [-0.25, -0.2) is 9.18 Å². The van der Waals surface area contributed by atoms with Gasteiger partial charge in [-0.3, -0.25) is 4.79 Å². The highest BCUT2D eigenvalue weighted by Gasteiger charge is 2.13. The topological polar surface area (TPSA) is 92.2 Å². The molecule has 0 aliphatic rings. The van der Waals surface area contributed by atoms with Gasteiger partial charge in [0.25, 0.3) is 5.91 Å². The van der Waals surface area contributed by atoms with E-state index in [9.17, 15) is 14.0 Å². The molecule has 0 bridgehead atoms. The van der Waals surface area contributed by atoms with E-state index in [1.807, 2.05) is 0 Å². The van der Waals surface area contributed by atoms with Crippen LogP contribution in [0.1, 0.15) is 20.9 Å². The minimum atomic E-state index is -1.19. The van der Waals surface area contributed by atoms with Gasteiger partial charge in [0.2, 0.25) is 0 Å². The van der Waals surface area contributed by atoms with Gasteiger partial charge >= 0.3 is 5.97 Å². The smallest absolute Gasteiger partial charge is 0.328 e. The van der Waals surface area contributed by atoms with Gasteiger partial charge in [0.05, 0.1) is 5.69 Å². The molecule has 1 heterocycles. The molecule has 108 valence electrons. The first-order valence-electron chi connectivity index (χ1n) is 5.78. The zero-order valence-corrected chi connectivity index (χ0v) is 11.6. The van der Waals surface area contributed by atoms with Crippen LogP contribution in [0.5, 0.6) is 0 Å². The lowest BCUT2D eigenvalue weighted by Gasteiger charge is -2.05. The molecule has 1 aromatic carbocycles. The number of nitrogens with zero attached hydrogens (tertiary/aromatic N) is 2. The monoisotopic (exact) mass is 307 g/mol. The minimum Gasteiger partial charge on any atom is -0.478 e. The number of hydrogen-bond acceptors (Lipinski definition) is 5. The molecule has 0 aliphatic heterocycles. The fourth-order valence-electron chi connectivity index (χ4n) is 1.54. The van der Waals surface area contributed by atoms with E-state index >= 15 is 0 Å². The number of carboxylic acids is 1. The third-order valence-electron chi connectivity index (χ3n) is 2.52. The van der Waals surface area contributed by atoms with Crippen molar-refractivity contribution >= 4 is 35.2 Å². The summed E-state index contributed by atoms with van der Waals surface area (Å²) in [7, 11) is 0. The third-order valence-corrected chi connectivity index (χ3v) is 3.34. The quantitative estimate of drug-likeness (QED) is 0.846. The first kappa shape index (κ1) is 14.8. The summed E-state index contributed by atoms with van der Waals surface area (Å²) in [6.07, 6.45) is 1.94. The number of carboxylic acid groups (broad SMARTS) is 1. The number of aryl methyl sites for hydroxylation is 1. The second kappa shape index (κ2) is 6.23. The number of nitrogens with one attached hydrogen (secondary N) is 1. The second-order valence-corrected chi connectivity index (χ2v) is 4.80. The van der Waals surface area contributed by atoms with Gasteiger partial charge in [-0.2, -0.15) is 0 Å². The van der Waals surface area contributed by atoms with E-state index in [0.29, 0.717) is 16.3 Å². The molecule has 1 aromatic heterocycles. The van der Waals surface area contributed by atoms with E-state index in [0.717, 1.165) is 29.8 Å². The van der Waals surface area contributed by atoms with Crippen molar-refractivity contribution in [3.63, 3.8) is 0 Å². The largest absolute Gasteiger partial charge is 0.478 e. The Balaban J connectivity index is 2.21. The molecule has 0 fully saturated rings. The van der Waals surface area contributed by atoms with Crippen molar-refractivity contribution in [3.8, 4) is 0 Å². The van der Waals surface area contributed by atoms with Gasteiger partial charge in [0.15, 0.2) is 0 Å². The highest BCUT2D eigenvalue weighted by molar-refractivity contribution is 7.08. The standard InChI is InChI=1S/C13H10FN3O3S/c1-7-12(21-17-16-7)13(20)15-9-3-4-10(14)8(6-9)2-5-11(18)19/h2-6H,1H3,(H,15,20)(H,18,19)/b5-2+. The van der Waals surface area contributed by atoms with Crippen LogP contribution >= 0.6 is 11.5 Å². The number of halogens is 1. The van der Waals surface area contributed by atoms with Crippen molar-refractivity contribution < 1.29 is 19.1 Å². The molecular weight excluding hydrogens is 297 g/mol. The van der Waals surface area contributed by atoms with Crippen molar-refractivity contribution in [1.29, 1.82) is 0 Å². The number of aliphatic carboxylic acids is 1. The minimum absolute atomic E-state index is 0.0642. The van der Waals surface area contributed by atoms with Crippen LogP contribution in [-0.2, 0) is 4.79 Å². The summed E-state index contributed by atoms with van der Waals surface area (Å²) in [6.45, 7) is 1.66. The van der Waals surface area contributed by atoms with Crippen LogP contribution in [0, 0.1) is 12.7 Å². The Morgan fingerprint density at radius 3 is 2.81 bits per heavy atom. The van der Waals surface area contributed by atoms with Crippen molar-refractivity contribution in [3.05, 3.63) is 46.2 Å². The van der Waals surface area contributed by atoms with E-state index in [1.165, 1.54) is 12.1 Å². The first-order valence-corrected chi connectivity index (χ1v) is 6.55.